The molecule has 0 aliphatic heterocycles. The third kappa shape index (κ3) is 5.07. The monoisotopic (exact) mass is 410 g/mol. The summed E-state index contributed by atoms with van der Waals surface area (Å²) in [6.07, 6.45) is 2.21. The zero-order chi connectivity index (χ0) is 21.6. The van der Waals surface area contributed by atoms with Crippen molar-refractivity contribution in [1.82, 2.24) is 0 Å². The highest BCUT2D eigenvalue weighted by Crippen LogP contribution is 2.25. The molecule has 0 fully saturated rings. The summed E-state index contributed by atoms with van der Waals surface area (Å²) in [5.41, 5.74) is 6.56. The van der Waals surface area contributed by atoms with Gasteiger partial charge in [-0.3, -0.25) is 0 Å². The van der Waals surface area contributed by atoms with Gasteiger partial charge in [-0.25, -0.2) is 9.18 Å². The van der Waals surface area contributed by atoms with Crippen molar-refractivity contribution < 1.29 is 14.3 Å². The van der Waals surface area contributed by atoms with Crippen LogP contribution >= 0.6 is 0 Å². The number of halogens is 1. The van der Waals surface area contributed by atoms with Crippen LogP contribution in [-0.4, -0.2) is 11.1 Å². The SMILES string of the molecule is O=C(O)c1ccc(-c2ccc(F)cc2)cc1CCc1ccccc1Cc1ccccc1. The predicted molar refractivity (Wildman–Crippen MR) is 122 cm³/mol. The van der Waals surface area contributed by atoms with E-state index in [0.29, 0.717) is 12.0 Å². The molecule has 3 heteroatoms. The summed E-state index contributed by atoms with van der Waals surface area (Å²) in [5, 5.41) is 9.66. The number of carboxylic acids is 1. The Morgan fingerprint density at radius 3 is 2.00 bits per heavy atom. The maximum Gasteiger partial charge on any atom is 0.335 e. The van der Waals surface area contributed by atoms with Crippen LogP contribution in [0.1, 0.15) is 32.6 Å². The maximum absolute atomic E-state index is 13.3. The van der Waals surface area contributed by atoms with Crippen LogP contribution in [-0.2, 0) is 19.3 Å². The Kier molecular flexibility index (Phi) is 6.23. The number of hydrogen-bond acceptors (Lipinski definition) is 1. The molecule has 4 aromatic carbocycles. The third-order valence-electron chi connectivity index (χ3n) is 5.53. The zero-order valence-electron chi connectivity index (χ0n) is 17.1. The maximum atomic E-state index is 13.3. The fourth-order valence-corrected chi connectivity index (χ4v) is 3.89. The van der Waals surface area contributed by atoms with Crippen LogP contribution in [0.3, 0.4) is 0 Å². The summed E-state index contributed by atoms with van der Waals surface area (Å²) in [6.45, 7) is 0. The third-order valence-corrected chi connectivity index (χ3v) is 5.53. The quantitative estimate of drug-likeness (QED) is 0.374. The van der Waals surface area contributed by atoms with Gasteiger partial charge in [0.05, 0.1) is 5.56 Å². The smallest absolute Gasteiger partial charge is 0.335 e. The molecular formula is C28H23FO2. The van der Waals surface area contributed by atoms with E-state index in [0.717, 1.165) is 29.5 Å². The van der Waals surface area contributed by atoms with Gasteiger partial charge in [0.1, 0.15) is 5.82 Å². The van der Waals surface area contributed by atoms with Crippen LogP contribution in [0.25, 0.3) is 11.1 Å². The molecule has 0 atom stereocenters. The van der Waals surface area contributed by atoms with E-state index >= 15 is 0 Å². The van der Waals surface area contributed by atoms with Gasteiger partial charge in [-0.15, -0.1) is 0 Å². The molecule has 0 spiro atoms. The van der Waals surface area contributed by atoms with Crippen molar-refractivity contribution in [2.75, 3.05) is 0 Å². The number of carboxylic acid groups (broad SMARTS) is 1. The highest BCUT2D eigenvalue weighted by Gasteiger charge is 2.13. The molecule has 2 nitrogen and oxygen atoms in total. The van der Waals surface area contributed by atoms with Crippen LogP contribution in [0, 0.1) is 5.82 Å². The van der Waals surface area contributed by atoms with E-state index in [9.17, 15) is 14.3 Å². The van der Waals surface area contributed by atoms with E-state index in [-0.39, 0.29) is 5.82 Å². The van der Waals surface area contributed by atoms with Crippen molar-refractivity contribution in [3.05, 3.63) is 131 Å². The molecule has 0 unspecified atom stereocenters. The first kappa shape index (κ1) is 20.5. The lowest BCUT2D eigenvalue weighted by Crippen LogP contribution is -2.05. The first-order valence-electron chi connectivity index (χ1n) is 10.3. The zero-order valence-corrected chi connectivity index (χ0v) is 17.1. The molecule has 0 aromatic heterocycles. The van der Waals surface area contributed by atoms with Crippen molar-refractivity contribution in [3.8, 4) is 11.1 Å². The fourth-order valence-electron chi connectivity index (χ4n) is 3.89. The first-order chi connectivity index (χ1) is 15.1. The van der Waals surface area contributed by atoms with E-state index in [1.807, 2.05) is 36.4 Å². The van der Waals surface area contributed by atoms with E-state index in [1.54, 1.807) is 24.3 Å². The molecule has 0 saturated heterocycles. The normalized spacial score (nSPS) is 10.7. The van der Waals surface area contributed by atoms with Gasteiger partial charge in [-0.1, -0.05) is 78.9 Å². The van der Waals surface area contributed by atoms with Crippen LogP contribution in [0.4, 0.5) is 4.39 Å². The lowest BCUT2D eigenvalue weighted by atomic mass is 9.92. The van der Waals surface area contributed by atoms with Gasteiger partial charge in [0.15, 0.2) is 0 Å². The van der Waals surface area contributed by atoms with E-state index in [1.165, 1.54) is 28.8 Å². The number of aromatic carboxylic acids is 1. The molecule has 0 bridgehead atoms. The van der Waals surface area contributed by atoms with Gasteiger partial charge in [0.2, 0.25) is 0 Å². The average Bonchev–Trinajstić information content (AvgIpc) is 2.79. The van der Waals surface area contributed by atoms with Crippen molar-refractivity contribution in [1.29, 1.82) is 0 Å². The van der Waals surface area contributed by atoms with Gasteiger partial charge in [0.25, 0.3) is 0 Å². The molecule has 31 heavy (non-hydrogen) atoms. The van der Waals surface area contributed by atoms with Gasteiger partial charge < -0.3 is 5.11 Å². The second kappa shape index (κ2) is 9.40. The molecular weight excluding hydrogens is 387 g/mol. The Labute approximate surface area is 181 Å². The molecule has 0 aliphatic carbocycles. The number of benzene rings is 4. The largest absolute Gasteiger partial charge is 0.478 e. The summed E-state index contributed by atoms with van der Waals surface area (Å²) in [4.78, 5) is 11.8. The highest BCUT2D eigenvalue weighted by atomic mass is 19.1. The number of rotatable bonds is 7. The molecule has 1 N–H and O–H groups in total. The molecule has 0 amide bonds. The van der Waals surface area contributed by atoms with E-state index in [2.05, 4.69) is 24.3 Å². The molecule has 0 heterocycles. The minimum Gasteiger partial charge on any atom is -0.478 e. The van der Waals surface area contributed by atoms with Crippen molar-refractivity contribution >= 4 is 5.97 Å². The minimum atomic E-state index is -0.932. The summed E-state index contributed by atoms with van der Waals surface area (Å²) in [5.74, 6) is -1.22. The summed E-state index contributed by atoms with van der Waals surface area (Å²) < 4.78 is 13.3. The Hall–Kier alpha value is -3.72. The molecule has 0 aliphatic rings. The predicted octanol–water partition coefficient (Wildman–Crippen LogP) is 6.57. The Morgan fingerprint density at radius 1 is 0.677 bits per heavy atom. The van der Waals surface area contributed by atoms with Gasteiger partial charge >= 0.3 is 5.97 Å². The number of hydrogen-bond donors (Lipinski definition) is 1. The molecule has 154 valence electrons. The van der Waals surface area contributed by atoms with Crippen molar-refractivity contribution in [3.63, 3.8) is 0 Å². The van der Waals surface area contributed by atoms with E-state index in [4.69, 9.17) is 0 Å². The summed E-state index contributed by atoms with van der Waals surface area (Å²) >= 11 is 0. The highest BCUT2D eigenvalue weighted by molar-refractivity contribution is 5.90. The second-order valence-electron chi connectivity index (χ2n) is 7.62. The molecule has 4 rings (SSSR count). The van der Waals surface area contributed by atoms with Crippen molar-refractivity contribution in [2.45, 2.75) is 19.3 Å². The van der Waals surface area contributed by atoms with Crippen LogP contribution in [0.5, 0.6) is 0 Å². The fraction of sp³-hybridized carbons (Fsp3) is 0.107. The molecule has 0 saturated carbocycles. The molecule has 0 radical (unpaired) electrons. The number of carbonyl (C=O) groups is 1. The Morgan fingerprint density at radius 2 is 1.29 bits per heavy atom. The standard InChI is InChI=1S/C28H23FO2/c29-26-15-12-22(13-16-26)24-14-17-27(28(30)31)25(19-24)11-10-21-8-4-5-9-23(21)18-20-6-2-1-3-7-20/h1-9,12-17,19H,10-11,18H2,(H,30,31). The Balaban J connectivity index is 1.60. The second-order valence-corrected chi connectivity index (χ2v) is 7.62. The van der Waals surface area contributed by atoms with Crippen molar-refractivity contribution in [2.24, 2.45) is 0 Å². The van der Waals surface area contributed by atoms with Gasteiger partial charge in [-0.05, 0) is 70.8 Å². The van der Waals surface area contributed by atoms with Crippen LogP contribution in [0.15, 0.2) is 97.1 Å². The molecule has 4 aromatic rings. The number of aryl methyl sites for hydroxylation is 2. The topological polar surface area (TPSA) is 37.3 Å². The summed E-state index contributed by atoms with van der Waals surface area (Å²) in [6, 6.07) is 30.2. The summed E-state index contributed by atoms with van der Waals surface area (Å²) in [7, 11) is 0. The lowest BCUT2D eigenvalue weighted by molar-refractivity contribution is 0.0695. The Bertz CT molecular complexity index is 1180. The van der Waals surface area contributed by atoms with Gasteiger partial charge in [0, 0.05) is 0 Å². The minimum absolute atomic E-state index is 0.291. The average molecular weight is 410 g/mol. The van der Waals surface area contributed by atoms with Gasteiger partial charge in [-0.2, -0.15) is 0 Å². The van der Waals surface area contributed by atoms with E-state index < -0.39 is 5.97 Å². The first-order valence-corrected chi connectivity index (χ1v) is 10.3. The lowest BCUT2D eigenvalue weighted by Gasteiger charge is -2.13. The van der Waals surface area contributed by atoms with Crippen LogP contribution in [0.2, 0.25) is 0 Å². The van der Waals surface area contributed by atoms with Crippen LogP contribution < -0.4 is 0 Å².